The number of aliphatic carboxylic acids is 1. The molecule has 0 aliphatic heterocycles. The number of hydrogen-bond donors (Lipinski definition) is 2. The first-order valence-electron chi connectivity index (χ1n) is 12.4. The summed E-state index contributed by atoms with van der Waals surface area (Å²) in [4.78, 5) is 28.3. The standard InChI is InChI=1S/C29H28F4N2O3/c1-16(11-26(36)37)22-7-4-8-25(17(22)2)35-28(38)27(18-5-3-6-18)19-9-10-23(24(30)13-19)20-12-21(15-34-14-20)29(31,32)33/h4,7-10,12-16,18,27H,3,5-6,11H2,1-2H3,(H,35,38)(H,36,37)/t16-,27+/m0/s1. The third kappa shape index (κ3) is 5.87. The zero-order valence-corrected chi connectivity index (χ0v) is 21.0. The van der Waals surface area contributed by atoms with Gasteiger partial charge in [-0.3, -0.25) is 14.6 Å². The molecule has 1 aromatic heterocycles. The van der Waals surface area contributed by atoms with E-state index in [1.54, 1.807) is 18.2 Å². The highest BCUT2D eigenvalue weighted by molar-refractivity contribution is 5.97. The lowest BCUT2D eigenvalue weighted by molar-refractivity contribution is -0.138. The van der Waals surface area contributed by atoms with Gasteiger partial charge in [-0.15, -0.1) is 0 Å². The molecule has 2 aromatic carbocycles. The van der Waals surface area contributed by atoms with Crippen LogP contribution in [0.15, 0.2) is 54.9 Å². The number of halogens is 4. The van der Waals surface area contributed by atoms with Gasteiger partial charge in [-0.05, 0) is 66.5 Å². The normalized spacial score (nSPS) is 15.4. The lowest BCUT2D eigenvalue weighted by atomic mass is 9.72. The van der Waals surface area contributed by atoms with E-state index >= 15 is 4.39 Å². The van der Waals surface area contributed by atoms with Crippen LogP contribution in [0, 0.1) is 18.7 Å². The number of nitrogens with zero attached hydrogens (tertiary/aromatic N) is 1. The fraction of sp³-hybridized carbons (Fsp3) is 0.345. The number of alkyl halides is 3. The van der Waals surface area contributed by atoms with Crippen LogP contribution in [0.25, 0.3) is 11.1 Å². The Morgan fingerprint density at radius 1 is 1.13 bits per heavy atom. The van der Waals surface area contributed by atoms with Gasteiger partial charge in [0.05, 0.1) is 17.9 Å². The highest BCUT2D eigenvalue weighted by Crippen LogP contribution is 2.41. The van der Waals surface area contributed by atoms with Crippen molar-refractivity contribution in [3.63, 3.8) is 0 Å². The SMILES string of the molecule is Cc1c(NC(=O)[C@@H](c2ccc(-c3cncc(C(F)(F)F)c3)c(F)c2)C2CCC2)cccc1[C@@H](C)CC(=O)O. The topological polar surface area (TPSA) is 79.3 Å². The number of carboxylic acids is 1. The second-order valence-electron chi connectivity index (χ2n) is 9.88. The first kappa shape index (κ1) is 27.3. The van der Waals surface area contributed by atoms with Crippen LogP contribution in [-0.2, 0) is 15.8 Å². The molecule has 1 aliphatic rings. The largest absolute Gasteiger partial charge is 0.481 e. The maximum atomic E-state index is 15.2. The summed E-state index contributed by atoms with van der Waals surface area (Å²) in [6.45, 7) is 3.63. The molecule has 1 heterocycles. The molecule has 38 heavy (non-hydrogen) atoms. The predicted octanol–water partition coefficient (Wildman–Crippen LogP) is 7.32. The van der Waals surface area contributed by atoms with Crippen LogP contribution in [0.3, 0.4) is 0 Å². The Morgan fingerprint density at radius 3 is 2.47 bits per heavy atom. The van der Waals surface area contributed by atoms with E-state index in [0.717, 1.165) is 36.5 Å². The van der Waals surface area contributed by atoms with Crippen LogP contribution >= 0.6 is 0 Å². The summed E-state index contributed by atoms with van der Waals surface area (Å²) in [5, 5.41) is 12.1. The van der Waals surface area contributed by atoms with Gasteiger partial charge in [0, 0.05) is 29.2 Å². The number of amides is 1. The van der Waals surface area contributed by atoms with Crippen molar-refractivity contribution in [2.24, 2.45) is 5.92 Å². The number of pyridine rings is 1. The van der Waals surface area contributed by atoms with Crippen LogP contribution in [0.5, 0.6) is 0 Å². The van der Waals surface area contributed by atoms with Crippen molar-refractivity contribution in [2.45, 2.75) is 57.5 Å². The number of nitrogens with one attached hydrogen (secondary N) is 1. The van der Waals surface area contributed by atoms with E-state index in [9.17, 15) is 22.8 Å². The van der Waals surface area contributed by atoms with Gasteiger partial charge in [0.25, 0.3) is 0 Å². The van der Waals surface area contributed by atoms with E-state index in [0.29, 0.717) is 17.4 Å². The van der Waals surface area contributed by atoms with Gasteiger partial charge in [-0.1, -0.05) is 37.6 Å². The lowest BCUT2D eigenvalue weighted by Crippen LogP contribution is -2.31. The van der Waals surface area contributed by atoms with Crippen molar-refractivity contribution >= 4 is 17.6 Å². The van der Waals surface area contributed by atoms with Gasteiger partial charge in [-0.25, -0.2) is 4.39 Å². The fourth-order valence-electron chi connectivity index (χ4n) is 5.02. The van der Waals surface area contributed by atoms with Crippen LogP contribution < -0.4 is 5.32 Å². The van der Waals surface area contributed by atoms with Gasteiger partial charge in [0.2, 0.25) is 5.91 Å². The molecule has 1 fully saturated rings. The molecule has 0 spiro atoms. The molecule has 1 saturated carbocycles. The summed E-state index contributed by atoms with van der Waals surface area (Å²) in [5.74, 6) is -2.85. The van der Waals surface area contributed by atoms with Crippen molar-refractivity contribution in [3.8, 4) is 11.1 Å². The second kappa shape index (κ2) is 10.9. The molecule has 1 amide bonds. The Balaban J connectivity index is 1.62. The molecule has 1 aliphatic carbocycles. The smallest absolute Gasteiger partial charge is 0.417 e. The summed E-state index contributed by atoms with van der Waals surface area (Å²) >= 11 is 0. The zero-order valence-electron chi connectivity index (χ0n) is 21.0. The number of benzene rings is 2. The minimum absolute atomic E-state index is 0.00330. The zero-order chi connectivity index (χ0) is 27.6. The highest BCUT2D eigenvalue weighted by atomic mass is 19.4. The molecule has 5 nitrogen and oxygen atoms in total. The minimum atomic E-state index is -4.60. The Bertz CT molecular complexity index is 1350. The second-order valence-corrected chi connectivity index (χ2v) is 9.88. The molecule has 200 valence electrons. The first-order chi connectivity index (χ1) is 18.0. The third-order valence-corrected chi connectivity index (χ3v) is 7.28. The van der Waals surface area contributed by atoms with Gasteiger partial charge < -0.3 is 10.4 Å². The average molecular weight is 529 g/mol. The van der Waals surface area contributed by atoms with Crippen molar-refractivity contribution in [3.05, 3.63) is 82.9 Å². The number of hydrogen-bond acceptors (Lipinski definition) is 3. The van der Waals surface area contributed by atoms with Crippen LogP contribution in [0.1, 0.15) is 66.7 Å². The Labute approximate surface area is 217 Å². The number of rotatable bonds is 8. The molecular formula is C29H28F4N2O3. The molecule has 9 heteroatoms. The summed E-state index contributed by atoms with van der Waals surface area (Å²) < 4.78 is 54.5. The minimum Gasteiger partial charge on any atom is -0.481 e. The van der Waals surface area contributed by atoms with Gasteiger partial charge in [0.15, 0.2) is 0 Å². The molecule has 3 aromatic rings. The lowest BCUT2D eigenvalue weighted by Gasteiger charge is -2.33. The van der Waals surface area contributed by atoms with Gasteiger partial charge >= 0.3 is 12.1 Å². The summed E-state index contributed by atoms with van der Waals surface area (Å²) in [7, 11) is 0. The van der Waals surface area contributed by atoms with Crippen LogP contribution in [-0.4, -0.2) is 22.0 Å². The van der Waals surface area contributed by atoms with Crippen molar-refractivity contribution in [1.29, 1.82) is 0 Å². The number of carbonyl (C=O) groups excluding carboxylic acids is 1. The fourth-order valence-corrected chi connectivity index (χ4v) is 5.02. The Hall–Kier alpha value is -3.75. The van der Waals surface area contributed by atoms with Crippen molar-refractivity contribution < 1.29 is 32.3 Å². The summed E-state index contributed by atoms with van der Waals surface area (Å²) in [6.07, 6.45) is -0.242. The van der Waals surface area contributed by atoms with Crippen LogP contribution in [0.2, 0.25) is 0 Å². The monoisotopic (exact) mass is 528 g/mol. The van der Waals surface area contributed by atoms with Crippen LogP contribution in [0.4, 0.5) is 23.2 Å². The Morgan fingerprint density at radius 2 is 1.87 bits per heavy atom. The summed E-state index contributed by atoms with van der Waals surface area (Å²) in [6, 6.07) is 10.4. The molecule has 2 atom stereocenters. The molecule has 0 radical (unpaired) electrons. The number of aromatic nitrogens is 1. The first-order valence-corrected chi connectivity index (χ1v) is 12.4. The highest BCUT2D eigenvalue weighted by Gasteiger charge is 2.35. The van der Waals surface area contributed by atoms with E-state index in [-0.39, 0.29) is 35.3 Å². The van der Waals surface area contributed by atoms with E-state index in [1.165, 1.54) is 18.3 Å². The average Bonchev–Trinajstić information content (AvgIpc) is 2.81. The Kier molecular flexibility index (Phi) is 7.85. The molecule has 2 N–H and O–H groups in total. The van der Waals surface area contributed by atoms with E-state index in [4.69, 9.17) is 5.11 Å². The van der Waals surface area contributed by atoms with Crippen molar-refractivity contribution in [1.82, 2.24) is 4.98 Å². The molecule has 4 rings (SSSR count). The maximum absolute atomic E-state index is 15.2. The third-order valence-electron chi connectivity index (χ3n) is 7.28. The quantitative estimate of drug-likeness (QED) is 0.300. The predicted molar refractivity (Wildman–Crippen MR) is 135 cm³/mol. The molecule has 0 bridgehead atoms. The van der Waals surface area contributed by atoms with Crippen molar-refractivity contribution in [2.75, 3.05) is 5.32 Å². The number of carboxylic acid groups (broad SMARTS) is 1. The van der Waals surface area contributed by atoms with Gasteiger partial charge in [0.1, 0.15) is 5.82 Å². The number of anilines is 1. The molecular weight excluding hydrogens is 500 g/mol. The molecule has 0 saturated heterocycles. The van der Waals surface area contributed by atoms with Gasteiger partial charge in [-0.2, -0.15) is 13.2 Å². The maximum Gasteiger partial charge on any atom is 0.417 e. The summed E-state index contributed by atoms with van der Waals surface area (Å²) in [5.41, 5.74) is 1.58. The molecule has 0 unspecified atom stereocenters. The van der Waals surface area contributed by atoms with E-state index < -0.39 is 29.4 Å². The van der Waals surface area contributed by atoms with E-state index in [1.807, 2.05) is 19.9 Å². The number of carbonyl (C=O) groups is 2. The van der Waals surface area contributed by atoms with E-state index in [2.05, 4.69) is 10.3 Å².